The van der Waals surface area contributed by atoms with Crippen molar-refractivity contribution in [1.82, 2.24) is 10.2 Å². The maximum Gasteiger partial charge on any atom is 0.224 e. The molecule has 1 amide bonds. The summed E-state index contributed by atoms with van der Waals surface area (Å²) < 4.78 is 13.9. The van der Waals surface area contributed by atoms with Gasteiger partial charge in [-0.15, -0.1) is 0 Å². The third-order valence-corrected chi connectivity index (χ3v) is 4.50. The highest BCUT2D eigenvalue weighted by Gasteiger charge is 2.26. The second kappa shape index (κ2) is 8.49. The van der Waals surface area contributed by atoms with Crippen LogP contribution in [-0.2, 0) is 11.3 Å². The number of hydrogen-bond donors (Lipinski definition) is 1. The SMILES string of the molecule is CCCCNC(=O)C1CCCN(Cc2c(F)cccc2Cl)C1. The lowest BCUT2D eigenvalue weighted by molar-refractivity contribution is -0.126. The van der Waals surface area contributed by atoms with E-state index in [1.165, 1.54) is 6.07 Å². The van der Waals surface area contributed by atoms with Crippen LogP contribution in [0.2, 0.25) is 5.02 Å². The van der Waals surface area contributed by atoms with Gasteiger partial charge in [-0.05, 0) is 37.9 Å². The second-order valence-electron chi connectivity index (χ2n) is 5.92. The highest BCUT2D eigenvalue weighted by Crippen LogP contribution is 2.24. The molecule has 0 bridgehead atoms. The maximum atomic E-state index is 13.9. The van der Waals surface area contributed by atoms with E-state index in [1.54, 1.807) is 12.1 Å². The number of hydrogen-bond acceptors (Lipinski definition) is 2. The van der Waals surface area contributed by atoms with Gasteiger partial charge in [0.1, 0.15) is 5.82 Å². The summed E-state index contributed by atoms with van der Waals surface area (Å²) in [4.78, 5) is 14.3. The quantitative estimate of drug-likeness (QED) is 0.810. The first-order chi connectivity index (χ1) is 10.6. The summed E-state index contributed by atoms with van der Waals surface area (Å²) in [6, 6.07) is 4.75. The van der Waals surface area contributed by atoms with Crippen molar-refractivity contribution in [3.8, 4) is 0 Å². The standard InChI is InChI=1S/C17H24ClFN2O/c1-2-3-9-20-17(22)13-6-5-10-21(11-13)12-14-15(18)7-4-8-16(14)19/h4,7-8,13H,2-3,5-6,9-12H2,1H3,(H,20,22). The fraction of sp³-hybridized carbons (Fsp3) is 0.588. The van der Waals surface area contributed by atoms with Gasteiger partial charge < -0.3 is 5.32 Å². The molecule has 0 saturated carbocycles. The number of rotatable bonds is 6. The molecule has 0 spiro atoms. The van der Waals surface area contributed by atoms with Gasteiger partial charge in [-0.25, -0.2) is 4.39 Å². The van der Waals surface area contributed by atoms with Crippen molar-refractivity contribution in [2.45, 2.75) is 39.2 Å². The molecule has 1 aliphatic heterocycles. The Labute approximate surface area is 136 Å². The third kappa shape index (κ3) is 4.68. The average molecular weight is 327 g/mol. The number of unbranched alkanes of at least 4 members (excludes halogenated alkanes) is 1. The Balaban J connectivity index is 1.92. The Morgan fingerprint density at radius 2 is 2.32 bits per heavy atom. The zero-order valence-corrected chi connectivity index (χ0v) is 13.8. The summed E-state index contributed by atoms with van der Waals surface area (Å²) in [5.74, 6) is -0.157. The number of likely N-dealkylation sites (tertiary alicyclic amines) is 1. The number of amides is 1. The fourth-order valence-corrected chi connectivity index (χ4v) is 3.08. The first-order valence-electron chi connectivity index (χ1n) is 8.04. The van der Waals surface area contributed by atoms with Crippen molar-refractivity contribution in [2.75, 3.05) is 19.6 Å². The lowest BCUT2D eigenvalue weighted by Gasteiger charge is -2.32. The highest BCUT2D eigenvalue weighted by molar-refractivity contribution is 6.31. The van der Waals surface area contributed by atoms with E-state index in [1.807, 2.05) is 0 Å². The molecule has 0 aliphatic carbocycles. The molecule has 5 heteroatoms. The molecule has 2 rings (SSSR count). The molecular formula is C17H24ClFN2O. The van der Waals surface area contributed by atoms with Crippen molar-refractivity contribution in [3.05, 3.63) is 34.6 Å². The number of carbonyl (C=O) groups is 1. The molecule has 1 atom stereocenters. The zero-order valence-electron chi connectivity index (χ0n) is 13.1. The minimum Gasteiger partial charge on any atom is -0.356 e. The Hall–Kier alpha value is -1.13. The van der Waals surface area contributed by atoms with Crippen LogP contribution in [0.5, 0.6) is 0 Å². The fourth-order valence-electron chi connectivity index (χ4n) is 2.85. The van der Waals surface area contributed by atoms with E-state index in [-0.39, 0.29) is 17.6 Å². The predicted octanol–water partition coefficient (Wildman–Crippen LogP) is 3.61. The van der Waals surface area contributed by atoms with Crippen molar-refractivity contribution >= 4 is 17.5 Å². The molecule has 3 nitrogen and oxygen atoms in total. The minimum absolute atomic E-state index is 0.00356. The molecule has 22 heavy (non-hydrogen) atoms. The van der Waals surface area contributed by atoms with Crippen LogP contribution in [0.4, 0.5) is 4.39 Å². The second-order valence-corrected chi connectivity index (χ2v) is 6.33. The Bertz CT molecular complexity index is 489. The summed E-state index contributed by atoms with van der Waals surface area (Å²) in [7, 11) is 0. The molecule has 0 aromatic heterocycles. The Morgan fingerprint density at radius 1 is 1.50 bits per heavy atom. The molecular weight excluding hydrogens is 303 g/mol. The average Bonchev–Trinajstić information content (AvgIpc) is 2.51. The van der Waals surface area contributed by atoms with Gasteiger partial charge in [-0.3, -0.25) is 9.69 Å². The van der Waals surface area contributed by atoms with Crippen molar-refractivity contribution < 1.29 is 9.18 Å². The maximum absolute atomic E-state index is 13.9. The summed E-state index contributed by atoms with van der Waals surface area (Å²) in [6.45, 7) is 4.86. The van der Waals surface area contributed by atoms with Crippen LogP contribution >= 0.6 is 11.6 Å². The van der Waals surface area contributed by atoms with E-state index < -0.39 is 0 Å². The van der Waals surface area contributed by atoms with Gasteiger partial charge in [0.25, 0.3) is 0 Å². The monoisotopic (exact) mass is 326 g/mol. The molecule has 0 radical (unpaired) electrons. The molecule has 1 saturated heterocycles. The van der Waals surface area contributed by atoms with Crippen LogP contribution in [0.25, 0.3) is 0 Å². The number of carbonyl (C=O) groups excluding carboxylic acids is 1. The number of halogens is 2. The number of nitrogens with one attached hydrogen (secondary N) is 1. The van der Waals surface area contributed by atoms with Crippen LogP contribution in [0, 0.1) is 11.7 Å². The number of piperidine rings is 1. The molecule has 1 aliphatic rings. The van der Waals surface area contributed by atoms with Crippen LogP contribution in [0.1, 0.15) is 38.2 Å². The molecule has 1 heterocycles. The van der Waals surface area contributed by atoms with Crippen LogP contribution < -0.4 is 5.32 Å². The third-order valence-electron chi connectivity index (χ3n) is 4.15. The number of benzene rings is 1. The van der Waals surface area contributed by atoms with Gasteiger partial charge in [0.15, 0.2) is 0 Å². The lowest BCUT2D eigenvalue weighted by Crippen LogP contribution is -2.43. The normalized spacial score (nSPS) is 19.1. The summed E-state index contributed by atoms with van der Waals surface area (Å²) >= 11 is 6.09. The van der Waals surface area contributed by atoms with E-state index in [9.17, 15) is 9.18 Å². The summed E-state index contributed by atoms with van der Waals surface area (Å²) in [6.07, 6.45) is 3.94. The van der Waals surface area contributed by atoms with Gasteiger partial charge in [0.2, 0.25) is 5.91 Å². The topological polar surface area (TPSA) is 32.3 Å². The molecule has 122 valence electrons. The number of nitrogens with zero attached hydrogens (tertiary/aromatic N) is 1. The molecule has 1 aromatic rings. The van der Waals surface area contributed by atoms with E-state index in [2.05, 4.69) is 17.1 Å². The summed E-state index contributed by atoms with van der Waals surface area (Å²) in [5, 5.41) is 3.45. The van der Waals surface area contributed by atoms with Crippen molar-refractivity contribution in [2.24, 2.45) is 5.92 Å². The highest BCUT2D eigenvalue weighted by atomic mass is 35.5. The molecule has 1 unspecified atom stereocenters. The van der Waals surface area contributed by atoms with E-state index in [4.69, 9.17) is 11.6 Å². The first-order valence-corrected chi connectivity index (χ1v) is 8.42. The Kier molecular flexibility index (Phi) is 6.65. The van der Waals surface area contributed by atoms with Crippen LogP contribution in [0.3, 0.4) is 0 Å². The van der Waals surface area contributed by atoms with Crippen LogP contribution in [0.15, 0.2) is 18.2 Å². The zero-order chi connectivity index (χ0) is 15.9. The van der Waals surface area contributed by atoms with Crippen LogP contribution in [-0.4, -0.2) is 30.4 Å². The van der Waals surface area contributed by atoms with Crippen molar-refractivity contribution in [3.63, 3.8) is 0 Å². The molecule has 1 aromatic carbocycles. The van der Waals surface area contributed by atoms with Crippen molar-refractivity contribution in [1.29, 1.82) is 0 Å². The van der Waals surface area contributed by atoms with Gasteiger partial charge in [-0.2, -0.15) is 0 Å². The molecule has 1 N–H and O–H groups in total. The minimum atomic E-state index is -0.276. The molecule has 1 fully saturated rings. The Morgan fingerprint density at radius 3 is 3.05 bits per heavy atom. The van der Waals surface area contributed by atoms with Gasteiger partial charge in [-0.1, -0.05) is 31.0 Å². The van der Waals surface area contributed by atoms with Gasteiger partial charge in [0.05, 0.1) is 5.92 Å². The smallest absolute Gasteiger partial charge is 0.224 e. The van der Waals surface area contributed by atoms with Gasteiger partial charge in [0, 0.05) is 30.2 Å². The van der Waals surface area contributed by atoms with E-state index >= 15 is 0 Å². The summed E-state index contributed by atoms with van der Waals surface area (Å²) in [5.41, 5.74) is 0.524. The van der Waals surface area contributed by atoms with Gasteiger partial charge >= 0.3 is 0 Å². The van der Waals surface area contributed by atoms with E-state index in [0.29, 0.717) is 23.7 Å². The lowest BCUT2D eigenvalue weighted by atomic mass is 9.96. The largest absolute Gasteiger partial charge is 0.356 e. The first kappa shape index (κ1) is 17.2. The van der Waals surface area contributed by atoms with E-state index in [0.717, 1.165) is 38.8 Å². The predicted molar refractivity (Wildman–Crippen MR) is 87.3 cm³/mol.